The summed E-state index contributed by atoms with van der Waals surface area (Å²) in [6, 6.07) is 1.87. The van der Waals surface area contributed by atoms with E-state index >= 15 is 0 Å². The number of likely N-dealkylation sites (tertiary alicyclic amines) is 1. The Hall–Kier alpha value is -1.65. The summed E-state index contributed by atoms with van der Waals surface area (Å²) >= 11 is 0. The molecule has 0 bridgehead atoms. The lowest BCUT2D eigenvalue weighted by Crippen LogP contribution is -2.44. The van der Waals surface area contributed by atoms with Crippen molar-refractivity contribution in [2.45, 2.75) is 77.7 Å². The lowest BCUT2D eigenvalue weighted by Gasteiger charge is -2.33. The van der Waals surface area contributed by atoms with Crippen molar-refractivity contribution in [3.8, 4) is 5.88 Å². The number of carbonyl (C=O) groups is 1. The van der Waals surface area contributed by atoms with Gasteiger partial charge in [0.15, 0.2) is 0 Å². The molecule has 0 aromatic carbocycles. The first-order valence-corrected chi connectivity index (χ1v) is 9.87. The topological polar surface area (TPSA) is 55.3 Å². The first-order chi connectivity index (χ1) is 12.1. The first kappa shape index (κ1) is 18.2. The number of nitrogens with zero attached hydrogens (tertiary/aromatic N) is 3. The van der Waals surface area contributed by atoms with Gasteiger partial charge in [-0.2, -0.15) is 4.98 Å². The van der Waals surface area contributed by atoms with Crippen LogP contribution in [0.1, 0.15) is 69.3 Å². The molecule has 0 spiro atoms. The van der Waals surface area contributed by atoms with Crippen molar-refractivity contribution in [1.82, 2.24) is 14.9 Å². The molecule has 3 rings (SSSR count). The maximum Gasteiger partial charge on any atom is 0.222 e. The molecule has 1 amide bonds. The van der Waals surface area contributed by atoms with Crippen LogP contribution in [0.4, 0.5) is 0 Å². The van der Waals surface area contributed by atoms with Crippen LogP contribution in [-0.4, -0.2) is 40.0 Å². The van der Waals surface area contributed by atoms with Crippen LogP contribution in [0.25, 0.3) is 0 Å². The molecule has 5 nitrogen and oxygen atoms in total. The zero-order valence-corrected chi connectivity index (χ0v) is 15.7. The van der Waals surface area contributed by atoms with E-state index in [2.05, 4.69) is 9.97 Å². The van der Waals surface area contributed by atoms with Crippen LogP contribution in [0.3, 0.4) is 0 Å². The third-order valence-electron chi connectivity index (χ3n) is 5.45. The van der Waals surface area contributed by atoms with Crippen molar-refractivity contribution in [3.05, 3.63) is 17.6 Å². The minimum absolute atomic E-state index is 0.0427. The number of ether oxygens (including phenoxy) is 1. The van der Waals surface area contributed by atoms with E-state index in [9.17, 15) is 4.79 Å². The standard InChI is InChI=1S/C20H31N3O2/c1-15-13-19(22-16(2)21-15)25-18-9-6-12-23(14-18)20(24)11-10-17-7-4-3-5-8-17/h13,17-18H,3-12,14H2,1-2H3. The zero-order valence-electron chi connectivity index (χ0n) is 15.7. The molecule has 25 heavy (non-hydrogen) atoms. The number of amides is 1. The van der Waals surface area contributed by atoms with E-state index in [1.807, 2.05) is 24.8 Å². The van der Waals surface area contributed by atoms with Crippen LogP contribution >= 0.6 is 0 Å². The highest BCUT2D eigenvalue weighted by atomic mass is 16.5. The summed E-state index contributed by atoms with van der Waals surface area (Å²) in [5, 5.41) is 0. The second-order valence-corrected chi connectivity index (χ2v) is 7.66. The molecule has 0 radical (unpaired) electrons. The summed E-state index contributed by atoms with van der Waals surface area (Å²) in [4.78, 5) is 23.2. The molecule has 1 aromatic heterocycles. The Morgan fingerprint density at radius 2 is 1.96 bits per heavy atom. The van der Waals surface area contributed by atoms with E-state index in [0.717, 1.165) is 43.2 Å². The fourth-order valence-electron chi connectivity index (χ4n) is 4.14. The SMILES string of the molecule is Cc1cc(OC2CCCN(C(=O)CCC3CCCCC3)C2)nc(C)n1. The Bertz CT molecular complexity index is 564. The number of aryl methyl sites for hydroxylation is 2. The normalized spacial score (nSPS) is 22.0. The molecule has 0 N–H and O–H groups in total. The summed E-state index contributed by atoms with van der Waals surface area (Å²) in [6.45, 7) is 5.38. The van der Waals surface area contributed by atoms with Crippen molar-refractivity contribution in [2.24, 2.45) is 5.92 Å². The van der Waals surface area contributed by atoms with Gasteiger partial charge < -0.3 is 9.64 Å². The zero-order chi connectivity index (χ0) is 17.6. The Labute approximate surface area is 151 Å². The van der Waals surface area contributed by atoms with E-state index in [4.69, 9.17) is 4.74 Å². The third kappa shape index (κ3) is 5.41. The minimum Gasteiger partial charge on any atom is -0.472 e. The molecule has 138 valence electrons. The average molecular weight is 345 g/mol. The Balaban J connectivity index is 1.49. The van der Waals surface area contributed by atoms with Crippen molar-refractivity contribution in [2.75, 3.05) is 13.1 Å². The molecule has 2 heterocycles. The van der Waals surface area contributed by atoms with Gasteiger partial charge in [0.25, 0.3) is 0 Å². The molecule has 1 saturated heterocycles. The summed E-state index contributed by atoms with van der Waals surface area (Å²) in [7, 11) is 0. The van der Waals surface area contributed by atoms with Crippen molar-refractivity contribution >= 4 is 5.91 Å². The minimum atomic E-state index is 0.0427. The van der Waals surface area contributed by atoms with Crippen molar-refractivity contribution in [3.63, 3.8) is 0 Å². The van der Waals surface area contributed by atoms with Crippen LogP contribution < -0.4 is 4.74 Å². The van der Waals surface area contributed by atoms with Crippen LogP contribution in [0.5, 0.6) is 5.88 Å². The van der Waals surface area contributed by atoms with E-state index in [1.54, 1.807) is 0 Å². The van der Waals surface area contributed by atoms with Gasteiger partial charge in [-0.15, -0.1) is 0 Å². The van der Waals surface area contributed by atoms with E-state index < -0.39 is 0 Å². The predicted molar refractivity (Wildman–Crippen MR) is 97.5 cm³/mol. The van der Waals surface area contributed by atoms with Gasteiger partial charge in [0, 0.05) is 24.7 Å². The molecule has 5 heteroatoms. The van der Waals surface area contributed by atoms with Gasteiger partial charge in [-0.05, 0) is 39.0 Å². The quantitative estimate of drug-likeness (QED) is 0.814. The fourth-order valence-corrected chi connectivity index (χ4v) is 4.14. The number of aromatic nitrogens is 2. The average Bonchev–Trinajstić information content (AvgIpc) is 2.60. The highest BCUT2D eigenvalue weighted by molar-refractivity contribution is 5.76. The van der Waals surface area contributed by atoms with Crippen LogP contribution in [0.15, 0.2) is 6.07 Å². The number of rotatable bonds is 5. The highest BCUT2D eigenvalue weighted by Crippen LogP contribution is 2.28. The molecule has 1 aliphatic heterocycles. The van der Waals surface area contributed by atoms with E-state index in [1.165, 1.54) is 32.1 Å². The molecular formula is C20H31N3O2. The Morgan fingerprint density at radius 3 is 2.72 bits per heavy atom. The lowest BCUT2D eigenvalue weighted by molar-refractivity contribution is -0.134. The van der Waals surface area contributed by atoms with Crippen LogP contribution in [-0.2, 0) is 4.79 Å². The van der Waals surface area contributed by atoms with Gasteiger partial charge in [-0.3, -0.25) is 4.79 Å². The van der Waals surface area contributed by atoms with Gasteiger partial charge in [0.05, 0.1) is 6.54 Å². The van der Waals surface area contributed by atoms with Gasteiger partial charge >= 0.3 is 0 Å². The Kier molecular flexibility index (Phi) is 6.27. The smallest absolute Gasteiger partial charge is 0.222 e. The lowest BCUT2D eigenvalue weighted by atomic mass is 9.86. The van der Waals surface area contributed by atoms with Gasteiger partial charge in [-0.1, -0.05) is 32.1 Å². The first-order valence-electron chi connectivity index (χ1n) is 9.87. The van der Waals surface area contributed by atoms with Gasteiger partial charge in [0.2, 0.25) is 11.8 Å². The van der Waals surface area contributed by atoms with Gasteiger partial charge in [-0.25, -0.2) is 4.98 Å². The summed E-state index contributed by atoms with van der Waals surface area (Å²) in [5.41, 5.74) is 0.915. The molecule has 1 aliphatic carbocycles. The van der Waals surface area contributed by atoms with Crippen LogP contribution in [0.2, 0.25) is 0 Å². The molecule has 2 aliphatic rings. The maximum absolute atomic E-state index is 12.6. The third-order valence-corrected chi connectivity index (χ3v) is 5.45. The largest absolute Gasteiger partial charge is 0.472 e. The molecule has 1 saturated carbocycles. The molecule has 1 atom stereocenters. The monoisotopic (exact) mass is 345 g/mol. The molecule has 1 unspecified atom stereocenters. The predicted octanol–water partition coefficient (Wildman–Crippen LogP) is 3.82. The number of hydrogen-bond acceptors (Lipinski definition) is 4. The molecular weight excluding hydrogens is 314 g/mol. The second-order valence-electron chi connectivity index (χ2n) is 7.66. The highest BCUT2D eigenvalue weighted by Gasteiger charge is 2.26. The number of carbonyl (C=O) groups excluding carboxylic acids is 1. The fraction of sp³-hybridized carbons (Fsp3) is 0.750. The van der Waals surface area contributed by atoms with Gasteiger partial charge in [0.1, 0.15) is 11.9 Å². The Morgan fingerprint density at radius 1 is 1.16 bits per heavy atom. The molecule has 1 aromatic rings. The number of hydrogen-bond donors (Lipinski definition) is 0. The number of piperidine rings is 1. The maximum atomic E-state index is 12.6. The molecule has 2 fully saturated rings. The van der Waals surface area contributed by atoms with E-state index in [-0.39, 0.29) is 6.10 Å². The van der Waals surface area contributed by atoms with E-state index in [0.29, 0.717) is 24.8 Å². The van der Waals surface area contributed by atoms with Crippen molar-refractivity contribution < 1.29 is 9.53 Å². The second kappa shape index (κ2) is 8.63. The van der Waals surface area contributed by atoms with Crippen molar-refractivity contribution in [1.29, 1.82) is 0 Å². The summed E-state index contributed by atoms with van der Waals surface area (Å²) in [5.74, 6) is 2.42. The van der Waals surface area contributed by atoms with Crippen LogP contribution in [0, 0.1) is 19.8 Å². The summed E-state index contributed by atoms with van der Waals surface area (Å²) in [6.07, 6.45) is 10.5. The summed E-state index contributed by atoms with van der Waals surface area (Å²) < 4.78 is 6.05.